The largest absolute Gasteiger partial charge is 0.481 e. The van der Waals surface area contributed by atoms with E-state index in [2.05, 4.69) is 82.4 Å². The highest BCUT2D eigenvalue weighted by Crippen LogP contribution is 2.31. The van der Waals surface area contributed by atoms with Crippen molar-refractivity contribution in [1.82, 2.24) is 14.7 Å². The molecule has 0 aliphatic carbocycles. The van der Waals surface area contributed by atoms with E-state index in [4.69, 9.17) is 0 Å². The predicted molar refractivity (Wildman–Crippen MR) is 129 cm³/mol. The van der Waals surface area contributed by atoms with Crippen molar-refractivity contribution in [3.05, 3.63) is 71.8 Å². The van der Waals surface area contributed by atoms with E-state index in [9.17, 15) is 9.90 Å². The minimum Gasteiger partial charge on any atom is -0.481 e. The van der Waals surface area contributed by atoms with E-state index in [0.29, 0.717) is 17.9 Å². The Labute approximate surface area is 192 Å². The molecule has 2 saturated heterocycles. The highest BCUT2D eigenvalue weighted by atomic mass is 16.4. The third-order valence-corrected chi connectivity index (χ3v) is 7.36. The van der Waals surface area contributed by atoms with Crippen LogP contribution in [0.4, 0.5) is 0 Å². The van der Waals surface area contributed by atoms with E-state index in [-0.39, 0.29) is 6.42 Å². The van der Waals surface area contributed by atoms with Gasteiger partial charge in [-0.25, -0.2) is 0 Å². The van der Waals surface area contributed by atoms with Crippen LogP contribution in [-0.2, 0) is 4.79 Å². The molecular weight excluding hydrogens is 398 g/mol. The third kappa shape index (κ3) is 5.97. The Hall–Kier alpha value is -2.21. The Balaban J connectivity index is 1.48. The number of nitrogens with zero attached hydrogens (tertiary/aromatic N) is 3. The van der Waals surface area contributed by atoms with Crippen LogP contribution in [0.5, 0.6) is 0 Å². The van der Waals surface area contributed by atoms with E-state index >= 15 is 0 Å². The van der Waals surface area contributed by atoms with Crippen LogP contribution in [-0.4, -0.2) is 84.7 Å². The minimum atomic E-state index is -0.675. The van der Waals surface area contributed by atoms with Crippen LogP contribution in [0.1, 0.15) is 36.3 Å². The monoisotopic (exact) mass is 435 g/mol. The lowest BCUT2D eigenvalue weighted by atomic mass is 9.85. The van der Waals surface area contributed by atoms with Crippen molar-refractivity contribution in [2.75, 3.05) is 52.9 Å². The fourth-order valence-corrected chi connectivity index (χ4v) is 5.52. The average molecular weight is 436 g/mol. The molecule has 1 N–H and O–H groups in total. The van der Waals surface area contributed by atoms with Crippen LogP contribution in [0.25, 0.3) is 0 Å². The summed E-state index contributed by atoms with van der Waals surface area (Å²) in [5.41, 5.74) is 2.70. The zero-order valence-corrected chi connectivity index (χ0v) is 19.3. The van der Waals surface area contributed by atoms with Gasteiger partial charge in [-0.05, 0) is 43.5 Å². The quantitative estimate of drug-likeness (QED) is 0.686. The summed E-state index contributed by atoms with van der Waals surface area (Å²) in [6, 6.07) is 22.1. The molecule has 5 nitrogen and oxygen atoms in total. The molecule has 0 saturated carbocycles. The van der Waals surface area contributed by atoms with Gasteiger partial charge in [0.2, 0.25) is 0 Å². The van der Waals surface area contributed by atoms with Gasteiger partial charge < -0.3 is 14.9 Å². The maximum Gasteiger partial charge on any atom is 0.303 e. The van der Waals surface area contributed by atoms with E-state index in [0.717, 1.165) is 58.7 Å². The molecule has 2 aromatic rings. The molecule has 0 unspecified atom stereocenters. The molecule has 0 radical (unpaired) electrons. The molecule has 2 aliphatic heterocycles. The second kappa shape index (κ2) is 11.1. The number of likely N-dealkylation sites (tertiary alicyclic amines) is 1. The average Bonchev–Trinajstić information content (AvgIpc) is 2.83. The van der Waals surface area contributed by atoms with Gasteiger partial charge in [0.25, 0.3) is 0 Å². The van der Waals surface area contributed by atoms with Crippen LogP contribution in [0, 0.1) is 5.92 Å². The van der Waals surface area contributed by atoms with E-state index < -0.39 is 5.97 Å². The number of hydrogen-bond acceptors (Lipinski definition) is 4. The highest BCUT2D eigenvalue weighted by molar-refractivity contribution is 5.66. The first kappa shape index (κ1) is 23.0. The topological polar surface area (TPSA) is 47.0 Å². The summed E-state index contributed by atoms with van der Waals surface area (Å²) in [7, 11) is 2.19. The Morgan fingerprint density at radius 1 is 0.938 bits per heavy atom. The van der Waals surface area contributed by atoms with Crippen molar-refractivity contribution in [3.8, 4) is 0 Å². The van der Waals surface area contributed by atoms with Crippen molar-refractivity contribution in [2.24, 2.45) is 5.92 Å². The highest BCUT2D eigenvalue weighted by Gasteiger charge is 2.35. The number of likely N-dealkylation sites (N-methyl/N-ethyl adjacent to an activating group) is 1. The van der Waals surface area contributed by atoms with Crippen LogP contribution in [0.15, 0.2) is 60.7 Å². The molecule has 2 fully saturated rings. The van der Waals surface area contributed by atoms with E-state index in [1.165, 1.54) is 11.1 Å². The van der Waals surface area contributed by atoms with Gasteiger partial charge in [-0.15, -0.1) is 0 Å². The van der Waals surface area contributed by atoms with Crippen molar-refractivity contribution >= 4 is 5.97 Å². The first-order chi connectivity index (χ1) is 15.6. The Morgan fingerprint density at radius 2 is 1.53 bits per heavy atom. The number of aliphatic carboxylic acids is 1. The number of carbonyl (C=O) groups is 1. The summed E-state index contributed by atoms with van der Waals surface area (Å²) in [5, 5.41) is 9.35. The number of piperidine rings is 1. The lowest BCUT2D eigenvalue weighted by Gasteiger charge is -2.47. The van der Waals surface area contributed by atoms with Crippen molar-refractivity contribution in [1.29, 1.82) is 0 Å². The Morgan fingerprint density at radius 3 is 2.09 bits per heavy atom. The van der Waals surface area contributed by atoms with Crippen molar-refractivity contribution < 1.29 is 9.90 Å². The number of carboxylic acids is 1. The number of carboxylic acid groups (broad SMARTS) is 1. The second-order valence-corrected chi connectivity index (χ2v) is 9.52. The number of hydrogen-bond donors (Lipinski definition) is 1. The normalized spacial score (nSPS) is 23.4. The lowest BCUT2D eigenvalue weighted by molar-refractivity contribution is -0.137. The fourth-order valence-electron chi connectivity index (χ4n) is 5.52. The zero-order valence-electron chi connectivity index (χ0n) is 19.3. The molecule has 2 aliphatic rings. The molecule has 0 aromatic heterocycles. The standard InChI is InChI=1S/C27H37N3O2/c1-28-16-18-30(19-17-28)26-14-15-29(20-24(26)12-13-27(31)32)21-25(22-8-4-2-5-9-22)23-10-6-3-7-11-23/h2-11,24-26H,12-21H2,1H3,(H,31,32)/t24-,26+/m0/s1. The molecule has 32 heavy (non-hydrogen) atoms. The summed E-state index contributed by atoms with van der Waals surface area (Å²) >= 11 is 0. The van der Waals surface area contributed by atoms with Gasteiger partial charge in [-0.1, -0.05) is 60.7 Å². The van der Waals surface area contributed by atoms with Gasteiger partial charge in [-0.2, -0.15) is 0 Å². The van der Waals surface area contributed by atoms with Crippen LogP contribution < -0.4 is 0 Å². The lowest BCUT2D eigenvalue weighted by Crippen LogP contribution is -2.56. The number of piperazine rings is 1. The fraction of sp³-hybridized carbons (Fsp3) is 0.519. The van der Waals surface area contributed by atoms with E-state index in [1.807, 2.05) is 0 Å². The molecule has 5 heteroatoms. The molecule has 172 valence electrons. The van der Waals surface area contributed by atoms with Crippen LogP contribution in [0.3, 0.4) is 0 Å². The van der Waals surface area contributed by atoms with Gasteiger partial charge in [0.15, 0.2) is 0 Å². The smallest absolute Gasteiger partial charge is 0.303 e. The third-order valence-electron chi connectivity index (χ3n) is 7.36. The molecule has 0 amide bonds. The maximum atomic E-state index is 11.4. The van der Waals surface area contributed by atoms with Crippen LogP contribution >= 0.6 is 0 Å². The summed E-state index contributed by atoms with van der Waals surface area (Å²) in [6.45, 7) is 7.46. The summed E-state index contributed by atoms with van der Waals surface area (Å²) < 4.78 is 0. The van der Waals surface area contributed by atoms with Crippen molar-refractivity contribution in [2.45, 2.75) is 31.2 Å². The Bertz CT molecular complexity index is 797. The van der Waals surface area contributed by atoms with Gasteiger partial charge in [0.1, 0.15) is 0 Å². The number of rotatable bonds is 8. The van der Waals surface area contributed by atoms with Gasteiger partial charge in [0, 0.05) is 57.6 Å². The first-order valence-electron chi connectivity index (χ1n) is 12.1. The van der Waals surface area contributed by atoms with E-state index in [1.54, 1.807) is 0 Å². The minimum absolute atomic E-state index is 0.267. The summed E-state index contributed by atoms with van der Waals surface area (Å²) in [4.78, 5) is 19.0. The van der Waals surface area contributed by atoms with Gasteiger partial charge in [-0.3, -0.25) is 9.69 Å². The molecule has 2 aromatic carbocycles. The zero-order chi connectivity index (χ0) is 22.3. The summed E-state index contributed by atoms with van der Waals surface area (Å²) in [6.07, 6.45) is 2.16. The predicted octanol–water partition coefficient (Wildman–Crippen LogP) is 3.62. The SMILES string of the molecule is CN1CCN([C@@H]2CCN(CC(c3ccccc3)c3ccccc3)C[C@@H]2CCC(=O)O)CC1. The molecule has 0 spiro atoms. The van der Waals surface area contributed by atoms with Gasteiger partial charge in [0.05, 0.1) is 0 Å². The Kier molecular flexibility index (Phi) is 7.95. The maximum absolute atomic E-state index is 11.4. The molecule has 4 rings (SSSR count). The molecular formula is C27H37N3O2. The number of benzene rings is 2. The summed E-state index contributed by atoms with van der Waals surface area (Å²) in [5.74, 6) is 0.0684. The van der Waals surface area contributed by atoms with Crippen molar-refractivity contribution in [3.63, 3.8) is 0 Å². The molecule has 0 bridgehead atoms. The molecule has 2 heterocycles. The molecule has 2 atom stereocenters. The first-order valence-corrected chi connectivity index (χ1v) is 12.1. The van der Waals surface area contributed by atoms with Crippen LogP contribution in [0.2, 0.25) is 0 Å². The second-order valence-electron chi connectivity index (χ2n) is 9.52. The van der Waals surface area contributed by atoms with Gasteiger partial charge >= 0.3 is 5.97 Å².